The monoisotopic (exact) mass is 306 g/mol. The molecule has 1 aliphatic heterocycles. The molecule has 0 aromatic heterocycles. The van der Waals surface area contributed by atoms with Gasteiger partial charge in [-0.3, -0.25) is 4.79 Å². The number of likely N-dealkylation sites (tertiary alicyclic amines) is 1. The van der Waals surface area contributed by atoms with Crippen molar-refractivity contribution in [2.45, 2.75) is 49.3 Å². The van der Waals surface area contributed by atoms with Gasteiger partial charge in [0.05, 0.1) is 5.25 Å². The zero-order chi connectivity index (χ0) is 15.1. The van der Waals surface area contributed by atoms with E-state index in [1.807, 2.05) is 14.0 Å². The number of benzene rings is 1. The van der Waals surface area contributed by atoms with Gasteiger partial charge in [0, 0.05) is 24.5 Å². The van der Waals surface area contributed by atoms with Crippen LogP contribution in [0.25, 0.3) is 0 Å². The number of nitrogens with zero attached hydrogens (tertiary/aromatic N) is 1. The molecular weight excluding hydrogens is 280 g/mol. The summed E-state index contributed by atoms with van der Waals surface area (Å²) in [5, 5.41) is 3.14. The van der Waals surface area contributed by atoms with Crippen LogP contribution in [-0.2, 0) is 11.3 Å². The van der Waals surface area contributed by atoms with Gasteiger partial charge in [-0.15, -0.1) is 11.8 Å². The predicted octanol–water partition coefficient (Wildman–Crippen LogP) is 3.29. The van der Waals surface area contributed by atoms with Gasteiger partial charge in [-0.05, 0) is 44.5 Å². The minimum absolute atomic E-state index is 0.00162. The van der Waals surface area contributed by atoms with Crippen LogP contribution in [0.15, 0.2) is 29.2 Å². The summed E-state index contributed by atoms with van der Waals surface area (Å²) in [6.45, 7) is 4.78. The van der Waals surface area contributed by atoms with Crippen molar-refractivity contribution in [3.63, 3.8) is 0 Å². The Morgan fingerprint density at radius 2 is 1.81 bits per heavy atom. The van der Waals surface area contributed by atoms with Crippen LogP contribution in [0.4, 0.5) is 0 Å². The Balaban J connectivity index is 1.90. The summed E-state index contributed by atoms with van der Waals surface area (Å²) in [6, 6.07) is 8.48. The maximum atomic E-state index is 12.5. The first-order valence-corrected chi connectivity index (χ1v) is 8.77. The Kier molecular flexibility index (Phi) is 6.58. The third-order valence-electron chi connectivity index (χ3n) is 3.88. The molecule has 1 aliphatic rings. The highest BCUT2D eigenvalue weighted by atomic mass is 32.2. The topological polar surface area (TPSA) is 32.3 Å². The van der Waals surface area contributed by atoms with Crippen LogP contribution in [0.5, 0.6) is 0 Å². The highest BCUT2D eigenvalue weighted by Gasteiger charge is 2.22. The first kappa shape index (κ1) is 16.4. The van der Waals surface area contributed by atoms with E-state index in [-0.39, 0.29) is 5.25 Å². The minimum atomic E-state index is -0.00162. The van der Waals surface area contributed by atoms with Crippen LogP contribution < -0.4 is 5.32 Å². The van der Waals surface area contributed by atoms with E-state index in [4.69, 9.17) is 0 Å². The van der Waals surface area contributed by atoms with Crippen molar-refractivity contribution < 1.29 is 4.79 Å². The van der Waals surface area contributed by atoms with Crippen molar-refractivity contribution in [3.8, 4) is 0 Å². The molecule has 1 amide bonds. The Bertz CT molecular complexity index is 439. The number of nitrogens with one attached hydrogen (secondary N) is 1. The molecule has 116 valence electrons. The first-order chi connectivity index (χ1) is 10.2. The van der Waals surface area contributed by atoms with E-state index in [1.165, 1.54) is 23.3 Å². The standard InChI is InChI=1S/C17H26N2OS/c1-14(17(20)19-11-5-3-4-6-12-19)21-16-9-7-15(8-10-16)13-18-2/h7-10,14,18H,3-6,11-13H2,1-2H3. The van der Waals surface area contributed by atoms with E-state index >= 15 is 0 Å². The molecule has 21 heavy (non-hydrogen) atoms. The SMILES string of the molecule is CNCc1ccc(SC(C)C(=O)N2CCCCCC2)cc1. The van der Waals surface area contributed by atoms with Crippen molar-refractivity contribution >= 4 is 17.7 Å². The maximum Gasteiger partial charge on any atom is 0.235 e. The number of thioether (sulfide) groups is 1. The molecule has 0 bridgehead atoms. The Morgan fingerprint density at radius 1 is 1.19 bits per heavy atom. The average molecular weight is 306 g/mol. The number of carbonyl (C=O) groups excluding carboxylic acids is 1. The van der Waals surface area contributed by atoms with Crippen LogP contribution >= 0.6 is 11.8 Å². The molecule has 1 atom stereocenters. The molecule has 1 heterocycles. The average Bonchev–Trinajstić information content (AvgIpc) is 2.78. The van der Waals surface area contributed by atoms with Gasteiger partial charge < -0.3 is 10.2 Å². The van der Waals surface area contributed by atoms with Gasteiger partial charge in [-0.1, -0.05) is 25.0 Å². The zero-order valence-electron chi connectivity index (χ0n) is 13.1. The Morgan fingerprint density at radius 3 is 2.38 bits per heavy atom. The minimum Gasteiger partial charge on any atom is -0.342 e. The van der Waals surface area contributed by atoms with Crippen molar-refractivity contribution in [2.75, 3.05) is 20.1 Å². The van der Waals surface area contributed by atoms with Gasteiger partial charge >= 0.3 is 0 Å². The van der Waals surface area contributed by atoms with Gasteiger partial charge in [0.1, 0.15) is 0 Å². The van der Waals surface area contributed by atoms with Crippen molar-refractivity contribution in [3.05, 3.63) is 29.8 Å². The number of carbonyl (C=O) groups is 1. The molecule has 2 rings (SSSR count). The van der Waals surface area contributed by atoms with E-state index in [0.717, 1.165) is 32.5 Å². The molecule has 3 nitrogen and oxygen atoms in total. The second-order valence-electron chi connectivity index (χ2n) is 5.67. The van der Waals surface area contributed by atoms with E-state index in [9.17, 15) is 4.79 Å². The molecule has 0 spiro atoms. The molecule has 4 heteroatoms. The summed E-state index contributed by atoms with van der Waals surface area (Å²) in [7, 11) is 1.95. The van der Waals surface area contributed by atoms with E-state index in [2.05, 4.69) is 34.5 Å². The van der Waals surface area contributed by atoms with E-state index < -0.39 is 0 Å². The lowest BCUT2D eigenvalue weighted by atomic mass is 10.2. The first-order valence-electron chi connectivity index (χ1n) is 7.89. The predicted molar refractivity (Wildman–Crippen MR) is 89.6 cm³/mol. The van der Waals surface area contributed by atoms with Crippen molar-refractivity contribution in [2.24, 2.45) is 0 Å². The molecule has 0 aliphatic carbocycles. The molecule has 1 N–H and O–H groups in total. The normalized spacial score (nSPS) is 17.3. The second kappa shape index (κ2) is 8.44. The van der Waals surface area contributed by atoms with Gasteiger partial charge in [-0.25, -0.2) is 0 Å². The molecule has 1 saturated heterocycles. The lowest BCUT2D eigenvalue weighted by Gasteiger charge is -2.23. The summed E-state index contributed by atoms with van der Waals surface area (Å²) in [4.78, 5) is 15.7. The third kappa shape index (κ3) is 5.04. The number of rotatable bonds is 5. The summed E-state index contributed by atoms with van der Waals surface area (Å²) >= 11 is 1.67. The second-order valence-corrected chi connectivity index (χ2v) is 7.09. The third-order valence-corrected chi connectivity index (χ3v) is 4.98. The number of hydrogen-bond donors (Lipinski definition) is 1. The Labute approximate surface area is 132 Å². The molecule has 0 saturated carbocycles. The summed E-state index contributed by atoms with van der Waals surface area (Å²) in [5.41, 5.74) is 1.27. The van der Waals surface area contributed by atoms with Gasteiger partial charge in [0.15, 0.2) is 0 Å². The van der Waals surface area contributed by atoms with Crippen LogP contribution in [0.3, 0.4) is 0 Å². The van der Waals surface area contributed by atoms with E-state index in [0.29, 0.717) is 5.91 Å². The Hall–Kier alpha value is -1.00. The van der Waals surface area contributed by atoms with Gasteiger partial charge in [-0.2, -0.15) is 0 Å². The fourth-order valence-corrected chi connectivity index (χ4v) is 3.64. The largest absolute Gasteiger partial charge is 0.342 e. The number of amides is 1. The lowest BCUT2D eigenvalue weighted by molar-refractivity contribution is -0.130. The quantitative estimate of drug-likeness (QED) is 0.847. The van der Waals surface area contributed by atoms with Crippen molar-refractivity contribution in [1.29, 1.82) is 0 Å². The molecule has 0 radical (unpaired) electrons. The summed E-state index contributed by atoms with van der Waals surface area (Å²) in [5.74, 6) is 0.293. The van der Waals surface area contributed by atoms with E-state index in [1.54, 1.807) is 11.8 Å². The molecule has 1 aromatic carbocycles. The maximum absolute atomic E-state index is 12.5. The van der Waals surface area contributed by atoms with Crippen molar-refractivity contribution in [1.82, 2.24) is 10.2 Å². The summed E-state index contributed by atoms with van der Waals surface area (Å²) < 4.78 is 0. The van der Waals surface area contributed by atoms with Gasteiger partial charge in [0.25, 0.3) is 0 Å². The molecule has 1 fully saturated rings. The zero-order valence-corrected chi connectivity index (χ0v) is 13.9. The highest BCUT2D eigenvalue weighted by Crippen LogP contribution is 2.25. The fourth-order valence-electron chi connectivity index (χ4n) is 2.69. The van der Waals surface area contributed by atoms with Crippen LogP contribution in [0, 0.1) is 0 Å². The smallest absolute Gasteiger partial charge is 0.235 e. The number of hydrogen-bond acceptors (Lipinski definition) is 3. The molecule has 1 aromatic rings. The lowest BCUT2D eigenvalue weighted by Crippen LogP contribution is -2.37. The van der Waals surface area contributed by atoms with Gasteiger partial charge in [0.2, 0.25) is 5.91 Å². The van der Waals surface area contributed by atoms with Crippen LogP contribution in [0.1, 0.15) is 38.2 Å². The molecule has 1 unspecified atom stereocenters. The fraction of sp³-hybridized carbons (Fsp3) is 0.588. The van der Waals surface area contributed by atoms with Crippen LogP contribution in [-0.4, -0.2) is 36.2 Å². The summed E-state index contributed by atoms with van der Waals surface area (Å²) in [6.07, 6.45) is 4.83. The van der Waals surface area contributed by atoms with Crippen LogP contribution in [0.2, 0.25) is 0 Å². The molecular formula is C17H26N2OS. The highest BCUT2D eigenvalue weighted by molar-refractivity contribution is 8.00.